The number of rotatable bonds is 5. The predicted molar refractivity (Wildman–Crippen MR) is 71.8 cm³/mol. The number of aromatic nitrogens is 2. The number of hydrogen-bond donors (Lipinski definition) is 1. The molecule has 6 nitrogen and oxygen atoms in total. The Balaban J connectivity index is 2.12. The van der Waals surface area contributed by atoms with Crippen molar-refractivity contribution in [2.45, 2.75) is 24.8 Å². The summed E-state index contributed by atoms with van der Waals surface area (Å²) in [7, 11) is -3.61. The summed E-state index contributed by atoms with van der Waals surface area (Å²) in [6.45, 7) is 1.85. The number of nitrogens with one attached hydrogen (secondary N) is 1. The number of hydrogen-bond acceptors (Lipinski definition) is 5. The Morgan fingerprint density at radius 2 is 1.95 bits per heavy atom. The van der Waals surface area contributed by atoms with E-state index in [-0.39, 0.29) is 17.3 Å². The molecule has 0 aliphatic carbocycles. The Morgan fingerprint density at radius 3 is 2.58 bits per heavy atom. The Morgan fingerprint density at radius 1 is 1.26 bits per heavy atom. The Labute approximate surface area is 119 Å². The molecule has 1 N–H and O–H groups in total. The van der Waals surface area contributed by atoms with E-state index in [1.165, 1.54) is 6.07 Å². The van der Waals surface area contributed by atoms with Crippen LogP contribution in [0.5, 0.6) is 0 Å². The smallest absolute Gasteiger partial charge is 0.242 e. The lowest BCUT2D eigenvalue weighted by Crippen LogP contribution is -2.23. The van der Waals surface area contributed by atoms with Gasteiger partial charge in [-0.05, 0) is 28.1 Å². The molecule has 8 heteroatoms. The van der Waals surface area contributed by atoms with Crippen LogP contribution in [0.15, 0.2) is 38.1 Å². The summed E-state index contributed by atoms with van der Waals surface area (Å²) in [4.78, 5) is 0.172. The predicted octanol–water partition coefficient (Wildman–Crippen LogP) is 1.87. The topological polar surface area (TPSA) is 85.1 Å². The average molecular weight is 346 g/mol. The lowest BCUT2D eigenvalue weighted by Gasteiger charge is -2.06. The summed E-state index contributed by atoms with van der Waals surface area (Å²) in [5.74, 6) is 0.725. The van der Waals surface area contributed by atoms with Gasteiger partial charge in [-0.2, -0.15) is 0 Å². The van der Waals surface area contributed by atoms with Crippen molar-refractivity contribution in [2.24, 2.45) is 0 Å². The van der Waals surface area contributed by atoms with Gasteiger partial charge >= 0.3 is 0 Å². The number of sulfonamides is 1. The van der Waals surface area contributed by atoms with Crippen LogP contribution in [-0.2, 0) is 23.0 Å². The van der Waals surface area contributed by atoms with Crippen LogP contribution in [0.2, 0.25) is 0 Å². The molecule has 0 atom stereocenters. The highest BCUT2D eigenvalue weighted by molar-refractivity contribution is 9.10. The van der Waals surface area contributed by atoms with Crippen molar-refractivity contribution in [3.63, 3.8) is 0 Å². The summed E-state index contributed by atoms with van der Waals surface area (Å²) in [6, 6.07) is 6.57. The van der Waals surface area contributed by atoms with Crippen LogP contribution in [-0.4, -0.2) is 18.6 Å². The first kappa shape index (κ1) is 14.2. The number of nitrogens with zero attached hydrogens (tertiary/aromatic N) is 2. The van der Waals surface area contributed by atoms with E-state index in [4.69, 9.17) is 4.42 Å². The molecule has 1 heterocycles. The number of aryl methyl sites for hydroxylation is 1. The van der Waals surface area contributed by atoms with E-state index >= 15 is 0 Å². The van der Waals surface area contributed by atoms with Gasteiger partial charge < -0.3 is 4.42 Å². The molecule has 0 radical (unpaired) electrons. The largest absolute Gasteiger partial charge is 0.424 e. The molecule has 0 bridgehead atoms. The van der Waals surface area contributed by atoms with Gasteiger partial charge in [0.15, 0.2) is 0 Å². The number of benzene rings is 1. The maximum atomic E-state index is 12.1. The van der Waals surface area contributed by atoms with Gasteiger partial charge in [0.1, 0.15) is 0 Å². The van der Waals surface area contributed by atoms with Gasteiger partial charge in [0, 0.05) is 10.9 Å². The highest BCUT2D eigenvalue weighted by Crippen LogP contribution is 2.20. The minimum absolute atomic E-state index is 0.0311. The van der Waals surface area contributed by atoms with Crippen LogP contribution in [0.3, 0.4) is 0 Å². The Bertz CT molecular complexity index is 669. The first-order chi connectivity index (χ1) is 9.03. The number of halogens is 1. The first-order valence-corrected chi connectivity index (χ1v) is 7.86. The van der Waals surface area contributed by atoms with E-state index in [2.05, 4.69) is 30.8 Å². The lowest BCUT2D eigenvalue weighted by atomic mass is 10.4. The Hall–Kier alpha value is -1.25. The van der Waals surface area contributed by atoms with Gasteiger partial charge in [-0.15, -0.1) is 10.2 Å². The molecule has 0 aliphatic rings. The van der Waals surface area contributed by atoms with Crippen molar-refractivity contribution in [1.29, 1.82) is 0 Å². The van der Waals surface area contributed by atoms with Crippen molar-refractivity contribution < 1.29 is 12.8 Å². The minimum atomic E-state index is -3.61. The van der Waals surface area contributed by atoms with Gasteiger partial charge in [0.2, 0.25) is 21.8 Å². The zero-order valence-electron chi connectivity index (χ0n) is 10.1. The lowest BCUT2D eigenvalue weighted by molar-refractivity contribution is 0.448. The molecule has 1 aromatic heterocycles. The zero-order valence-corrected chi connectivity index (χ0v) is 12.5. The minimum Gasteiger partial charge on any atom is -0.424 e. The van der Waals surface area contributed by atoms with E-state index < -0.39 is 10.0 Å². The summed E-state index contributed by atoms with van der Waals surface area (Å²) < 4.78 is 32.3. The first-order valence-electron chi connectivity index (χ1n) is 5.58. The van der Waals surface area contributed by atoms with Gasteiger partial charge in [0.05, 0.1) is 11.4 Å². The van der Waals surface area contributed by atoms with Crippen LogP contribution in [0.1, 0.15) is 18.7 Å². The molecule has 0 saturated heterocycles. The van der Waals surface area contributed by atoms with Crippen LogP contribution >= 0.6 is 15.9 Å². The maximum Gasteiger partial charge on any atom is 0.242 e. The van der Waals surface area contributed by atoms with E-state index in [1.54, 1.807) is 18.2 Å². The molecule has 0 unspecified atom stereocenters. The molecule has 0 spiro atoms. The second kappa shape index (κ2) is 5.81. The standard InChI is InChI=1S/C11H12BrN3O3S/c1-2-10-14-15-11(18-10)7-13-19(16,17)9-6-4-3-5-8(9)12/h3-6,13H,2,7H2,1H3. The highest BCUT2D eigenvalue weighted by atomic mass is 79.9. The summed E-state index contributed by atoms with van der Waals surface area (Å²) in [5, 5.41) is 7.52. The fourth-order valence-electron chi connectivity index (χ4n) is 1.40. The summed E-state index contributed by atoms with van der Waals surface area (Å²) in [5.41, 5.74) is 0. The van der Waals surface area contributed by atoms with Crippen molar-refractivity contribution >= 4 is 26.0 Å². The van der Waals surface area contributed by atoms with Gasteiger partial charge in [0.25, 0.3) is 0 Å². The van der Waals surface area contributed by atoms with Crippen LogP contribution < -0.4 is 4.72 Å². The average Bonchev–Trinajstić information content (AvgIpc) is 2.85. The molecule has 1 aromatic carbocycles. The summed E-state index contributed by atoms with van der Waals surface area (Å²) in [6.07, 6.45) is 0.615. The molecule has 102 valence electrons. The van der Waals surface area contributed by atoms with Gasteiger partial charge in [-0.3, -0.25) is 0 Å². The molecule has 0 aliphatic heterocycles. The van der Waals surface area contributed by atoms with E-state index in [0.717, 1.165) is 0 Å². The SMILES string of the molecule is CCc1nnc(CNS(=O)(=O)c2ccccc2Br)o1. The van der Waals surface area contributed by atoms with Gasteiger partial charge in [-0.1, -0.05) is 19.1 Å². The molecular weight excluding hydrogens is 334 g/mol. The van der Waals surface area contributed by atoms with E-state index in [9.17, 15) is 8.42 Å². The Kier molecular flexibility index (Phi) is 4.33. The van der Waals surface area contributed by atoms with Crippen LogP contribution in [0.4, 0.5) is 0 Å². The van der Waals surface area contributed by atoms with Crippen LogP contribution in [0.25, 0.3) is 0 Å². The third kappa shape index (κ3) is 3.40. The van der Waals surface area contributed by atoms with Crippen molar-refractivity contribution in [3.8, 4) is 0 Å². The molecule has 2 rings (SSSR count). The fourth-order valence-corrected chi connectivity index (χ4v) is 3.38. The molecule has 0 amide bonds. The van der Waals surface area contributed by atoms with Crippen molar-refractivity contribution in [3.05, 3.63) is 40.5 Å². The quantitative estimate of drug-likeness (QED) is 0.893. The monoisotopic (exact) mass is 345 g/mol. The van der Waals surface area contributed by atoms with Gasteiger partial charge in [-0.25, -0.2) is 13.1 Å². The normalized spacial score (nSPS) is 11.7. The second-order valence-electron chi connectivity index (χ2n) is 3.70. The maximum absolute atomic E-state index is 12.1. The van der Waals surface area contributed by atoms with Crippen molar-refractivity contribution in [1.82, 2.24) is 14.9 Å². The molecule has 19 heavy (non-hydrogen) atoms. The molecular formula is C11H12BrN3O3S. The fraction of sp³-hybridized carbons (Fsp3) is 0.273. The molecule has 0 saturated carbocycles. The second-order valence-corrected chi connectivity index (χ2v) is 6.29. The van der Waals surface area contributed by atoms with E-state index in [1.807, 2.05) is 6.92 Å². The zero-order chi connectivity index (χ0) is 13.9. The van der Waals surface area contributed by atoms with Crippen molar-refractivity contribution in [2.75, 3.05) is 0 Å². The highest BCUT2D eigenvalue weighted by Gasteiger charge is 2.18. The van der Waals surface area contributed by atoms with Crippen LogP contribution in [0, 0.1) is 0 Å². The summed E-state index contributed by atoms with van der Waals surface area (Å²) >= 11 is 3.20. The van der Waals surface area contributed by atoms with E-state index in [0.29, 0.717) is 16.8 Å². The third-order valence-electron chi connectivity index (χ3n) is 2.35. The molecule has 0 fully saturated rings. The molecule has 2 aromatic rings. The third-order valence-corrected chi connectivity index (χ3v) is 4.76.